The minimum absolute atomic E-state index is 0.0655. The molecular formula is C7H11N3O. The van der Waals surface area contributed by atoms with Gasteiger partial charge in [-0.05, 0) is 6.08 Å². The van der Waals surface area contributed by atoms with Crippen LogP contribution in [0.4, 0.5) is 0 Å². The highest BCUT2D eigenvalue weighted by Gasteiger charge is 1.97. The van der Waals surface area contributed by atoms with Gasteiger partial charge in [0.15, 0.2) is 0 Å². The van der Waals surface area contributed by atoms with Crippen LogP contribution in [-0.4, -0.2) is 18.3 Å². The summed E-state index contributed by atoms with van der Waals surface area (Å²) in [6, 6.07) is 0. The summed E-state index contributed by atoms with van der Waals surface area (Å²) in [6.45, 7) is 6.73. The molecule has 0 aliphatic heterocycles. The molecule has 0 aromatic heterocycles. The van der Waals surface area contributed by atoms with Gasteiger partial charge in [0.05, 0.1) is 6.54 Å². The van der Waals surface area contributed by atoms with Crippen molar-refractivity contribution in [1.29, 1.82) is 0 Å². The van der Waals surface area contributed by atoms with Gasteiger partial charge in [-0.3, -0.25) is 4.79 Å². The number of amides is 1. The van der Waals surface area contributed by atoms with Crippen LogP contribution in [0.5, 0.6) is 0 Å². The molecule has 60 valence electrons. The monoisotopic (exact) mass is 153 g/mol. The lowest BCUT2D eigenvalue weighted by molar-refractivity contribution is -0.118. The molecule has 0 bridgehead atoms. The zero-order chi connectivity index (χ0) is 8.69. The van der Waals surface area contributed by atoms with Crippen molar-refractivity contribution in [2.75, 3.05) is 6.54 Å². The molecular weight excluding hydrogens is 142 g/mol. The molecule has 0 aliphatic carbocycles. The van der Waals surface area contributed by atoms with Crippen molar-refractivity contribution in [3.63, 3.8) is 0 Å². The van der Waals surface area contributed by atoms with Gasteiger partial charge in [0.2, 0.25) is 5.91 Å². The van der Waals surface area contributed by atoms with E-state index in [1.165, 1.54) is 12.3 Å². The topological polar surface area (TPSA) is 67.5 Å². The number of nitrogens with two attached hydrogens (primary N) is 1. The zero-order valence-electron chi connectivity index (χ0n) is 6.21. The summed E-state index contributed by atoms with van der Waals surface area (Å²) in [5.41, 5.74) is 5.04. The molecule has 0 aliphatic rings. The first-order valence-corrected chi connectivity index (χ1v) is 3.05. The first-order chi connectivity index (χ1) is 5.24. The Bertz CT molecular complexity index is 196. The second-order valence-electron chi connectivity index (χ2n) is 1.65. The third-order valence-corrected chi connectivity index (χ3v) is 0.877. The number of hydrogen-bond acceptors (Lipinski definition) is 3. The van der Waals surface area contributed by atoms with Crippen LogP contribution in [0.3, 0.4) is 0 Å². The Morgan fingerprint density at radius 2 is 2.27 bits per heavy atom. The lowest BCUT2D eigenvalue weighted by Crippen LogP contribution is -2.34. The molecule has 0 saturated heterocycles. The number of amidine groups is 1. The van der Waals surface area contributed by atoms with Crippen LogP contribution in [-0.2, 0) is 4.79 Å². The average Bonchev–Trinajstić information content (AvgIpc) is 2.03. The molecule has 0 rings (SSSR count). The van der Waals surface area contributed by atoms with Crippen molar-refractivity contribution in [1.82, 2.24) is 5.32 Å². The fourth-order valence-corrected chi connectivity index (χ4v) is 0.428. The van der Waals surface area contributed by atoms with Crippen LogP contribution in [0.15, 0.2) is 30.4 Å². The third kappa shape index (κ3) is 4.05. The highest BCUT2D eigenvalue weighted by atomic mass is 16.1. The number of nitrogens with one attached hydrogen (secondary N) is 1. The van der Waals surface area contributed by atoms with Crippen LogP contribution in [0.2, 0.25) is 0 Å². The zero-order valence-corrected chi connectivity index (χ0v) is 6.21. The van der Waals surface area contributed by atoms with Gasteiger partial charge in [-0.15, -0.1) is 0 Å². The van der Waals surface area contributed by atoms with Crippen LogP contribution >= 0.6 is 0 Å². The van der Waals surface area contributed by atoms with E-state index in [0.29, 0.717) is 5.84 Å². The summed E-state index contributed by atoms with van der Waals surface area (Å²) in [6.07, 6.45) is 2.73. The van der Waals surface area contributed by atoms with E-state index in [4.69, 9.17) is 5.73 Å². The van der Waals surface area contributed by atoms with E-state index < -0.39 is 0 Å². The second kappa shape index (κ2) is 5.37. The van der Waals surface area contributed by atoms with E-state index in [1.54, 1.807) is 0 Å². The predicted octanol–water partition coefficient (Wildman–Crippen LogP) is -0.211. The molecule has 4 heteroatoms. The number of rotatable bonds is 3. The maximum absolute atomic E-state index is 10.7. The number of hydrogen-bond donors (Lipinski definition) is 2. The fraction of sp³-hybridized carbons (Fsp3) is 0.143. The number of carbonyl (C=O) groups excluding carboxylic acids is 1. The first kappa shape index (κ1) is 9.58. The number of aliphatic imine (C=N–C) groups is 1. The van der Waals surface area contributed by atoms with Gasteiger partial charge in [0.1, 0.15) is 5.84 Å². The minimum atomic E-state index is -0.300. The molecule has 0 unspecified atom stereocenters. The standard InChI is InChI=1S/C7H11N3O/c1-3-6(9-4-2)10-7(11)5-8/h3-4H,1-2,5,8H2,(H,9,10,11). The van der Waals surface area contributed by atoms with Gasteiger partial charge >= 0.3 is 0 Å². The summed E-state index contributed by atoms with van der Waals surface area (Å²) in [5.74, 6) is 0.0564. The first-order valence-electron chi connectivity index (χ1n) is 3.05. The SMILES string of the molecule is C=CN=C(C=C)NC(=O)CN. The number of carbonyl (C=O) groups is 1. The summed E-state index contributed by atoms with van der Waals surface area (Å²) in [7, 11) is 0. The van der Waals surface area contributed by atoms with E-state index in [-0.39, 0.29) is 12.5 Å². The Labute approximate surface area is 65.5 Å². The van der Waals surface area contributed by atoms with Gasteiger partial charge < -0.3 is 11.1 Å². The smallest absolute Gasteiger partial charge is 0.239 e. The highest BCUT2D eigenvalue weighted by molar-refractivity contribution is 6.04. The van der Waals surface area contributed by atoms with E-state index in [2.05, 4.69) is 23.5 Å². The number of nitrogens with zero attached hydrogens (tertiary/aromatic N) is 1. The molecule has 0 saturated carbocycles. The lowest BCUT2D eigenvalue weighted by Gasteiger charge is -1.99. The molecule has 0 atom stereocenters. The molecule has 0 heterocycles. The Kier molecular flexibility index (Phi) is 4.68. The molecule has 0 aromatic rings. The Morgan fingerprint density at radius 1 is 1.64 bits per heavy atom. The van der Waals surface area contributed by atoms with Gasteiger partial charge in [-0.25, -0.2) is 4.99 Å². The molecule has 11 heavy (non-hydrogen) atoms. The van der Waals surface area contributed by atoms with Crippen molar-refractivity contribution >= 4 is 11.7 Å². The lowest BCUT2D eigenvalue weighted by atomic mass is 10.5. The van der Waals surface area contributed by atoms with Crippen molar-refractivity contribution < 1.29 is 4.79 Å². The van der Waals surface area contributed by atoms with Crippen molar-refractivity contribution in [2.24, 2.45) is 10.7 Å². The van der Waals surface area contributed by atoms with Crippen molar-refractivity contribution in [2.45, 2.75) is 0 Å². The van der Waals surface area contributed by atoms with Crippen LogP contribution in [0.25, 0.3) is 0 Å². The summed E-state index contributed by atoms with van der Waals surface area (Å²) in [5, 5.41) is 2.41. The average molecular weight is 153 g/mol. The maximum Gasteiger partial charge on any atom is 0.239 e. The summed E-state index contributed by atoms with van der Waals surface area (Å²) in [4.78, 5) is 14.4. The van der Waals surface area contributed by atoms with Crippen molar-refractivity contribution in [3.8, 4) is 0 Å². The van der Waals surface area contributed by atoms with Crippen LogP contribution in [0.1, 0.15) is 0 Å². The van der Waals surface area contributed by atoms with Gasteiger partial charge in [0, 0.05) is 6.20 Å². The van der Waals surface area contributed by atoms with E-state index in [0.717, 1.165) is 0 Å². The molecule has 0 spiro atoms. The molecule has 0 aromatic carbocycles. The molecule has 1 amide bonds. The highest BCUT2D eigenvalue weighted by Crippen LogP contribution is 1.76. The molecule has 4 nitrogen and oxygen atoms in total. The van der Waals surface area contributed by atoms with Crippen LogP contribution in [0, 0.1) is 0 Å². The van der Waals surface area contributed by atoms with Gasteiger partial charge in [0.25, 0.3) is 0 Å². The maximum atomic E-state index is 10.7. The second-order valence-corrected chi connectivity index (χ2v) is 1.65. The summed E-state index contributed by atoms with van der Waals surface area (Å²) >= 11 is 0. The Hall–Kier alpha value is -1.42. The van der Waals surface area contributed by atoms with E-state index in [1.807, 2.05) is 0 Å². The minimum Gasteiger partial charge on any atom is -0.322 e. The van der Waals surface area contributed by atoms with Crippen molar-refractivity contribution in [3.05, 3.63) is 25.4 Å². The normalized spacial score (nSPS) is 10.5. The third-order valence-electron chi connectivity index (χ3n) is 0.877. The Morgan fingerprint density at radius 3 is 2.64 bits per heavy atom. The Balaban J connectivity index is 4.08. The molecule has 0 radical (unpaired) electrons. The van der Waals surface area contributed by atoms with Gasteiger partial charge in [-0.2, -0.15) is 0 Å². The van der Waals surface area contributed by atoms with Gasteiger partial charge in [-0.1, -0.05) is 13.2 Å². The summed E-state index contributed by atoms with van der Waals surface area (Å²) < 4.78 is 0. The molecule has 0 fully saturated rings. The van der Waals surface area contributed by atoms with Crippen LogP contribution < -0.4 is 11.1 Å². The quantitative estimate of drug-likeness (QED) is 0.435. The predicted molar refractivity (Wildman–Crippen MR) is 45.0 cm³/mol. The molecule has 3 N–H and O–H groups in total. The van der Waals surface area contributed by atoms with E-state index >= 15 is 0 Å². The largest absolute Gasteiger partial charge is 0.322 e. The fourth-order valence-electron chi connectivity index (χ4n) is 0.428. The van der Waals surface area contributed by atoms with E-state index in [9.17, 15) is 4.79 Å².